The van der Waals surface area contributed by atoms with E-state index in [9.17, 15) is 4.79 Å². The normalized spacial score (nSPS) is 10.8. The van der Waals surface area contributed by atoms with Gasteiger partial charge in [0.2, 0.25) is 0 Å². The van der Waals surface area contributed by atoms with Crippen LogP contribution < -0.4 is 10.3 Å². The highest BCUT2D eigenvalue weighted by molar-refractivity contribution is 6.30. The first-order valence-electron chi connectivity index (χ1n) is 8.16. The molecule has 0 saturated carbocycles. The lowest BCUT2D eigenvalue weighted by molar-refractivity contribution is 0.307. The smallest absolute Gasteiger partial charge is 0.259 e. The number of H-pyrrole nitrogens is 1. The Morgan fingerprint density at radius 3 is 2.50 bits per heavy atom. The van der Waals surface area contributed by atoms with Crippen LogP contribution in [0.1, 0.15) is 5.56 Å². The lowest BCUT2D eigenvalue weighted by Gasteiger charge is -2.11. The number of halogens is 1. The Morgan fingerprint density at radius 2 is 1.65 bits per heavy atom. The molecule has 0 bridgehead atoms. The van der Waals surface area contributed by atoms with Gasteiger partial charge in [0, 0.05) is 5.02 Å². The number of aromatic nitrogens is 2. The van der Waals surface area contributed by atoms with E-state index in [1.165, 1.54) is 0 Å². The predicted molar refractivity (Wildman–Crippen MR) is 104 cm³/mol. The second-order valence-electron chi connectivity index (χ2n) is 5.84. The molecule has 0 unspecified atom stereocenters. The van der Waals surface area contributed by atoms with Crippen molar-refractivity contribution in [3.05, 3.63) is 93.7 Å². The van der Waals surface area contributed by atoms with E-state index < -0.39 is 0 Å². The zero-order valence-corrected chi connectivity index (χ0v) is 14.5. The molecule has 1 heterocycles. The summed E-state index contributed by atoms with van der Waals surface area (Å²) in [5, 5.41) is 1.25. The monoisotopic (exact) mass is 362 g/mol. The summed E-state index contributed by atoms with van der Waals surface area (Å²) in [6.07, 6.45) is 0. The fourth-order valence-corrected chi connectivity index (χ4v) is 2.87. The van der Waals surface area contributed by atoms with Crippen LogP contribution in [-0.4, -0.2) is 9.97 Å². The third-order valence-electron chi connectivity index (χ3n) is 4.06. The predicted octanol–water partition coefficient (Wildman–Crippen LogP) is 4.82. The topological polar surface area (TPSA) is 55.0 Å². The Balaban J connectivity index is 1.69. The number of aromatic amines is 1. The van der Waals surface area contributed by atoms with Gasteiger partial charge in [-0.1, -0.05) is 48.0 Å². The number of ether oxygens (including phenoxy) is 1. The van der Waals surface area contributed by atoms with Gasteiger partial charge in [-0.2, -0.15) is 0 Å². The zero-order chi connectivity index (χ0) is 17.9. The van der Waals surface area contributed by atoms with Crippen LogP contribution in [0.25, 0.3) is 22.3 Å². The number of hydrogen-bond acceptors (Lipinski definition) is 3. The van der Waals surface area contributed by atoms with Crippen molar-refractivity contribution in [3.63, 3.8) is 0 Å². The maximum Gasteiger partial charge on any atom is 0.259 e. The largest absolute Gasteiger partial charge is 0.488 e. The van der Waals surface area contributed by atoms with Crippen LogP contribution in [0.15, 0.2) is 77.6 Å². The van der Waals surface area contributed by atoms with Gasteiger partial charge in [0.1, 0.15) is 18.2 Å². The average molecular weight is 363 g/mol. The Labute approximate surface area is 155 Å². The second kappa shape index (κ2) is 7.02. The summed E-state index contributed by atoms with van der Waals surface area (Å²) < 4.78 is 5.96. The van der Waals surface area contributed by atoms with Crippen LogP contribution in [0, 0.1) is 0 Å². The molecule has 0 amide bonds. The van der Waals surface area contributed by atoms with E-state index in [2.05, 4.69) is 9.97 Å². The van der Waals surface area contributed by atoms with E-state index in [0.717, 1.165) is 11.1 Å². The number of hydrogen-bond donors (Lipinski definition) is 1. The highest BCUT2D eigenvalue weighted by atomic mass is 35.5. The van der Waals surface area contributed by atoms with E-state index in [-0.39, 0.29) is 5.56 Å². The molecular formula is C21H15ClN2O2. The quantitative estimate of drug-likeness (QED) is 0.566. The first-order chi connectivity index (χ1) is 12.7. The second-order valence-corrected chi connectivity index (χ2v) is 6.28. The van der Waals surface area contributed by atoms with Crippen molar-refractivity contribution in [2.75, 3.05) is 0 Å². The standard InChI is InChI=1S/C21H15ClN2O2/c22-15-11-9-14(10-12-15)13-26-19-8-4-2-6-17(19)20-23-18-7-3-1-5-16(18)21(25)24-20/h1-12H,13H2,(H,23,24,25). The van der Waals surface area contributed by atoms with Crippen LogP contribution in [0.5, 0.6) is 5.75 Å². The molecule has 128 valence electrons. The van der Waals surface area contributed by atoms with Gasteiger partial charge in [0.25, 0.3) is 5.56 Å². The highest BCUT2D eigenvalue weighted by Gasteiger charge is 2.11. The molecule has 0 aliphatic carbocycles. The molecule has 0 atom stereocenters. The van der Waals surface area contributed by atoms with Gasteiger partial charge in [-0.05, 0) is 42.0 Å². The fourth-order valence-electron chi connectivity index (χ4n) is 2.74. The molecule has 5 heteroatoms. The average Bonchev–Trinajstić information content (AvgIpc) is 2.68. The van der Waals surface area contributed by atoms with Crippen molar-refractivity contribution in [1.29, 1.82) is 0 Å². The summed E-state index contributed by atoms with van der Waals surface area (Å²) in [6, 6.07) is 22.3. The molecule has 0 radical (unpaired) electrons. The molecule has 4 aromatic rings. The van der Waals surface area contributed by atoms with Crippen molar-refractivity contribution in [3.8, 4) is 17.1 Å². The number of rotatable bonds is 4. The molecule has 0 fully saturated rings. The number of fused-ring (bicyclic) bond motifs is 1. The minimum absolute atomic E-state index is 0.168. The van der Waals surface area contributed by atoms with Crippen LogP contribution in [0.3, 0.4) is 0 Å². The number of benzene rings is 3. The van der Waals surface area contributed by atoms with Crippen LogP contribution in [0.2, 0.25) is 5.02 Å². The van der Waals surface area contributed by atoms with Crippen molar-refractivity contribution in [1.82, 2.24) is 9.97 Å². The van der Waals surface area contributed by atoms with Gasteiger partial charge in [-0.3, -0.25) is 4.79 Å². The van der Waals surface area contributed by atoms with Crippen molar-refractivity contribution >= 4 is 22.5 Å². The highest BCUT2D eigenvalue weighted by Crippen LogP contribution is 2.28. The van der Waals surface area contributed by atoms with E-state index >= 15 is 0 Å². The first kappa shape index (κ1) is 16.4. The van der Waals surface area contributed by atoms with Crippen molar-refractivity contribution < 1.29 is 4.74 Å². The molecule has 1 aromatic heterocycles. The minimum Gasteiger partial charge on any atom is -0.488 e. The zero-order valence-electron chi connectivity index (χ0n) is 13.8. The lowest BCUT2D eigenvalue weighted by atomic mass is 10.1. The van der Waals surface area contributed by atoms with E-state index in [4.69, 9.17) is 16.3 Å². The third kappa shape index (κ3) is 3.32. The summed E-state index contributed by atoms with van der Waals surface area (Å²) in [6.45, 7) is 0.395. The maximum atomic E-state index is 12.3. The number of nitrogens with one attached hydrogen (secondary N) is 1. The molecule has 4 rings (SSSR count). The summed E-state index contributed by atoms with van der Waals surface area (Å²) >= 11 is 5.91. The summed E-state index contributed by atoms with van der Waals surface area (Å²) in [7, 11) is 0. The molecule has 3 aromatic carbocycles. The van der Waals surface area contributed by atoms with Crippen LogP contribution >= 0.6 is 11.6 Å². The fraction of sp³-hybridized carbons (Fsp3) is 0.0476. The Bertz CT molecular complexity index is 1120. The summed E-state index contributed by atoms with van der Waals surface area (Å²) in [5.41, 5.74) is 2.23. The number of para-hydroxylation sites is 2. The Kier molecular flexibility index (Phi) is 4.42. The van der Waals surface area contributed by atoms with Gasteiger partial charge in [-0.15, -0.1) is 0 Å². The van der Waals surface area contributed by atoms with Gasteiger partial charge in [0.05, 0.1) is 16.5 Å². The molecular weight excluding hydrogens is 348 g/mol. The van der Waals surface area contributed by atoms with Gasteiger partial charge in [0.15, 0.2) is 0 Å². The summed E-state index contributed by atoms with van der Waals surface area (Å²) in [5.74, 6) is 1.14. The number of nitrogens with zero attached hydrogens (tertiary/aromatic N) is 1. The lowest BCUT2D eigenvalue weighted by Crippen LogP contribution is -2.10. The minimum atomic E-state index is -0.168. The third-order valence-corrected chi connectivity index (χ3v) is 4.31. The van der Waals surface area contributed by atoms with Crippen molar-refractivity contribution in [2.24, 2.45) is 0 Å². The van der Waals surface area contributed by atoms with Crippen LogP contribution in [-0.2, 0) is 6.61 Å². The summed E-state index contributed by atoms with van der Waals surface area (Å²) in [4.78, 5) is 19.8. The maximum absolute atomic E-state index is 12.3. The Morgan fingerprint density at radius 1 is 0.923 bits per heavy atom. The van der Waals surface area contributed by atoms with E-state index in [1.807, 2.05) is 66.7 Å². The molecule has 4 nitrogen and oxygen atoms in total. The molecule has 0 saturated heterocycles. The van der Waals surface area contributed by atoms with Crippen molar-refractivity contribution in [2.45, 2.75) is 6.61 Å². The van der Waals surface area contributed by atoms with Gasteiger partial charge >= 0.3 is 0 Å². The van der Waals surface area contributed by atoms with Gasteiger partial charge < -0.3 is 9.72 Å². The van der Waals surface area contributed by atoms with Gasteiger partial charge in [-0.25, -0.2) is 4.98 Å². The SMILES string of the molecule is O=c1[nH]c(-c2ccccc2OCc2ccc(Cl)cc2)nc2ccccc12. The molecule has 0 aliphatic rings. The molecule has 0 aliphatic heterocycles. The Hall–Kier alpha value is -3.11. The molecule has 0 spiro atoms. The van der Waals surface area contributed by atoms with E-state index in [0.29, 0.717) is 34.1 Å². The van der Waals surface area contributed by atoms with Crippen LogP contribution in [0.4, 0.5) is 0 Å². The first-order valence-corrected chi connectivity index (χ1v) is 8.54. The molecule has 26 heavy (non-hydrogen) atoms. The van der Waals surface area contributed by atoms with E-state index in [1.54, 1.807) is 6.07 Å². The molecule has 1 N–H and O–H groups in total.